The minimum atomic E-state index is -0.343. The zero-order chi connectivity index (χ0) is 36.0. The minimum Gasteiger partial charge on any atom is -0.456 e. The van der Waals surface area contributed by atoms with Crippen LogP contribution in [0.3, 0.4) is 0 Å². The van der Waals surface area contributed by atoms with Gasteiger partial charge in [-0.1, -0.05) is 121 Å². The molecule has 0 saturated carbocycles. The highest BCUT2D eigenvalue weighted by Gasteiger charge is 2.30. The Hall–Kier alpha value is -6.73. The van der Waals surface area contributed by atoms with Gasteiger partial charge in [0.15, 0.2) is 0 Å². The Morgan fingerprint density at radius 1 is 0.491 bits per heavy atom. The maximum absolute atomic E-state index is 6.69. The summed E-state index contributed by atoms with van der Waals surface area (Å²) in [7, 11) is 0. The van der Waals surface area contributed by atoms with Gasteiger partial charge in [-0.2, -0.15) is 0 Å². The first-order chi connectivity index (χ1) is 27.2. The molecule has 6 heteroatoms. The predicted molar refractivity (Wildman–Crippen MR) is 228 cm³/mol. The van der Waals surface area contributed by atoms with Crippen LogP contribution in [0, 0.1) is 0 Å². The standard InChI is InChI=1S/C49H31N3O2S/c1-2-12-29-27-30(26-25-28(29)11-1)47-50-48(52-49(51-47)37-19-7-17-34-31-13-3-5-20-38(31)54-46(34)37)36-18-9-22-40-45(36)44-33(15-8-21-39(44)53-40)32-16-10-24-42-43(32)35-14-4-6-23-41(35)55-42/h1-27,47-48,50H,(H,51,52). The van der Waals surface area contributed by atoms with Crippen molar-refractivity contribution in [2.75, 3.05) is 0 Å². The maximum atomic E-state index is 6.69. The molecule has 3 aromatic heterocycles. The summed E-state index contributed by atoms with van der Waals surface area (Å²) in [6.45, 7) is 0. The predicted octanol–water partition coefficient (Wildman–Crippen LogP) is 13.0. The first kappa shape index (κ1) is 30.7. The Labute approximate surface area is 319 Å². The molecule has 0 amide bonds. The second-order valence-corrected chi connectivity index (χ2v) is 15.4. The van der Waals surface area contributed by atoms with Crippen LogP contribution in [0.2, 0.25) is 0 Å². The monoisotopic (exact) mass is 725 g/mol. The van der Waals surface area contributed by atoms with Gasteiger partial charge in [0.2, 0.25) is 0 Å². The topological polar surface area (TPSA) is 62.7 Å². The van der Waals surface area contributed by atoms with E-state index in [-0.39, 0.29) is 12.3 Å². The number of benzene rings is 8. The Kier molecular flexibility index (Phi) is 6.64. The van der Waals surface area contributed by atoms with Crippen LogP contribution >= 0.6 is 11.3 Å². The molecule has 0 saturated heterocycles. The van der Waals surface area contributed by atoms with Gasteiger partial charge >= 0.3 is 0 Å². The lowest BCUT2D eigenvalue weighted by Gasteiger charge is -2.32. The SMILES string of the molecule is c1ccc2cc(C3N=C(c4cccc5c4oc4ccccc45)NC(c4cccc5oc6cccc(-c7cccc8sc9ccccc9c78)c6c45)N3)ccc2c1. The highest BCUT2D eigenvalue weighted by molar-refractivity contribution is 7.25. The van der Waals surface area contributed by atoms with E-state index in [9.17, 15) is 0 Å². The van der Waals surface area contributed by atoms with Gasteiger partial charge in [0.25, 0.3) is 0 Å². The van der Waals surface area contributed by atoms with E-state index in [1.165, 1.54) is 36.5 Å². The number of nitrogens with zero attached hydrogens (tertiary/aromatic N) is 1. The van der Waals surface area contributed by atoms with E-state index in [4.69, 9.17) is 13.8 Å². The summed E-state index contributed by atoms with van der Waals surface area (Å²) in [5, 5.41) is 17.0. The zero-order valence-corrected chi connectivity index (χ0v) is 30.2. The van der Waals surface area contributed by atoms with E-state index in [2.05, 4.69) is 162 Å². The van der Waals surface area contributed by atoms with Crippen molar-refractivity contribution >= 4 is 92.0 Å². The van der Waals surface area contributed by atoms with Crippen molar-refractivity contribution in [3.63, 3.8) is 0 Å². The summed E-state index contributed by atoms with van der Waals surface area (Å²) in [4.78, 5) is 5.39. The molecule has 2 N–H and O–H groups in total. The molecule has 55 heavy (non-hydrogen) atoms. The van der Waals surface area contributed by atoms with Crippen LogP contribution in [0.1, 0.15) is 29.0 Å². The van der Waals surface area contributed by atoms with Gasteiger partial charge in [-0.05, 0) is 69.9 Å². The maximum Gasteiger partial charge on any atom is 0.146 e. The number of hydrogen-bond donors (Lipinski definition) is 2. The molecule has 11 aromatic rings. The first-order valence-electron chi connectivity index (χ1n) is 18.6. The highest BCUT2D eigenvalue weighted by Crippen LogP contribution is 2.45. The van der Waals surface area contributed by atoms with Crippen LogP contribution in [-0.2, 0) is 0 Å². The summed E-state index contributed by atoms with van der Waals surface area (Å²) in [5.41, 5.74) is 8.83. The molecule has 0 radical (unpaired) electrons. The van der Waals surface area contributed by atoms with Gasteiger partial charge in [-0.15, -0.1) is 11.3 Å². The summed E-state index contributed by atoms with van der Waals surface area (Å²) in [5.74, 6) is 0.770. The number of aliphatic imine (C=N–C) groups is 1. The third-order valence-electron chi connectivity index (χ3n) is 11.2. The summed E-state index contributed by atoms with van der Waals surface area (Å²) >= 11 is 1.84. The zero-order valence-electron chi connectivity index (χ0n) is 29.4. The third kappa shape index (κ3) is 4.72. The van der Waals surface area contributed by atoms with Crippen LogP contribution in [0.25, 0.3) is 85.9 Å². The van der Waals surface area contributed by atoms with Crippen molar-refractivity contribution in [1.29, 1.82) is 0 Å². The molecule has 1 aliphatic heterocycles. The van der Waals surface area contributed by atoms with Crippen LogP contribution in [0.15, 0.2) is 178 Å². The lowest BCUT2D eigenvalue weighted by Crippen LogP contribution is -2.45. The lowest BCUT2D eigenvalue weighted by atomic mass is 9.93. The molecular formula is C49H31N3O2S. The molecule has 2 atom stereocenters. The smallest absolute Gasteiger partial charge is 0.146 e. The number of fused-ring (bicyclic) bond motifs is 10. The van der Waals surface area contributed by atoms with Crippen molar-refractivity contribution in [3.05, 3.63) is 180 Å². The van der Waals surface area contributed by atoms with E-state index in [0.717, 1.165) is 72.0 Å². The number of para-hydroxylation sites is 2. The van der Waals surface area contributed by atoms with Crippen LogP contribution in [0.5, 0.6) is 0 Å². The second kappa shape index (κ2) is 11.9. The molecule has 8 aromatic carbocycles. The van der Waals surface area contributed by atoms with Gasteiger partial charge in [0, 0.05) is 47.3 Å². The van der Waals surface area contributed by atoms with E-state index < -0.39 is 0 Å². The number of thiophene rings is 1. The minimum absolute atomic E-state index is 0.320. The molecule has 1 aliphatic rings. The quantitative estimate of drug-likeness (QED) is 0.190. The van der Waals surface area contributed by atoms with Crippen molar-refractivity contribution < 1.29 is 8.83 Å². The van der Waals surface area contributed by atoms with Gasteiger partial charge < -0.3 is 14.2 Å². The van der Waals surface area contributed by atoms with Crippen LogP contribution < -0.4 is 10.6 Å². The first-order valence-corrected chi connectivity index (χ1v) is 19.4. The molecule has 0 bridgehead atoms. The van der Waals surface area contributed by atoms with Gasteiger partial charge in [-0.3, -0.25) is 5.32 Å². The largest absolute Gasteiger partial charge is 0.456 e. The summed E-state index contributed by atoms with van der Waals surface area (Å²) in [6, 6.07) is 57.8. The molecular weight excluding hydrogens is 695 g/mol. The summed E-state index contributed by atoms with van der Waals surface area (Å²) in [6.07, 6.45) is -0.664. The highest BCUT2D eigenvalue weighted by atomic mass is 32.1. The van der Waals surface area contributed by atoms with Crippen molar-refractivity contribution in [1.82, 2.24) is 10.6 Å². The van der Waals surface area contributed by atoms with Gasteiger partial charge in [0.05, 0.1) is 5.56 Å². The Morgan fingerprint density at radius 2 is 1.16 bits per heavy atom. The fraction of sp³-hybridized carbons (Fsp3) is 0.0408. The van der Waals surface area contributed by atoms with Gasteiger partial charge in [-0.25, -0.2) is 4.99 Å². The van der Waals surface area contributed by atoms with Gasteiger partial charge in [0.1, 0.15) is 40.5 Å². The fourth-order valence-electron chi connectivity index (χ4n) is 8.69. The average Bonchev–Trinajstić information content (AvgIpc) is 3.95. The fourth-order valence-corrected chi connectivity index (χ4v) is 9.83. The van der Waals surface area contributed by atoms with E-state index >= 15 is 0 Å². The van der Waals surface area contributed by atoms with Crippen LogP contribution in [-0.4, -0.2) is 5.84 Å². The Balaban J connectivity index is 1.08. The molecule has 2 unspecified atom stereocenters. The van der Waals surface area contributed by atoms with Crippen molar-refractivity contribution in [2.45, 2.75) is 12.3 Å². The number of rotatable bonds is 4. The number of amidine groups is 1. The molecule has 260 valence electrons. The molecule has 5 nitrogen and oxygen atoms in total. The molecule has 12 rings (SSSR count). The number of furan rings is 2. The average molecular weight is 726 g/mol. The summed E-state index contributed by atoms with van der Waals surface area (Å²) < 4.78 is 15.8. The molecule has 0 aliphatic carbocycles. The Morgan fingerprint density at radius 3 is 2.09 bits per heavy atom. The van der Waals surface area contributed by atoms with E-state index in [0.29, 0.717) is 0 Å². The molecule has 0 fully saturated rings. The molecule has 4 heterocycles. The second-order valence-electron chi connectivity index (χ2n) is 14.3. The lowest BCUT2D eigenvalue weighted by molar-refractivity contribution is 0.411. The third-order valence-corrected chi connectivity index (χ3v) is 12.3. The number of hydrogen-bond acceptors (Lipinski definition) is 6. The normalized spacial score (nSPS) is 16.2. The Bertz CT molecular complexity index is 3370. The number of nitrogens with one attached hydrogen (secondary N) is 2. The molecule has 0 spiro atoms. The van der Waals surface area contributed by atoms with Crippen molar-refractivity contribution in [3.8, 4) is 11.1 Å². The van der Waals surface area contributed by atoms with E-state index in [1.807, 2.05) is 23.5 Å². The van der Waals surface area contributed by atoms with Crippen molar-refractivity contribution in [2.24, 2.45) is 4.99 Å². The van der Waals surface area contributed by atoms with E-state index in [1.54, 1.807) is 0 Å². The van der Waals surface area contributed by atoms with Crippen LogP contribution in [0.4, 0.5) is 0 Å².